The standard InChI is InChI=1S/C21H15FN2O4S2/c22-14-7-3-1-5-12(14)11-24-15-8-4-2-6-13(15)17(19(24)27)18-20(28)23(21(29)30-18)10-9-16(25)26/h1-8H,9-11H2,(H,25,26)/b18-17-. The Labute approximate surface area is 181 Å². The fourth-order valence-electron chi connectivity index (χ4n) is 3.40. The molecule has 4 rings (SSSR count). The van der Waals surface area contributed by atoms with E-state index in [1.165, 1.54) is 15.9 Å². The van der Waals surface area contributed by atoms with Crippen LogP contribution in [-0.4, -0.2) is 38.7 Å². The van der Waals surface area contributed by atoms with Crippen molar-refractivity contribution in [2.45, 2.75) is 13.0 Å². The van der Waals surface area contributed by atoms with Crippen LogP contribution < -0.4 is 4.90 Å². The van der Waals surface area contributed by atoms with Gasteiger partial charge in [-0.3, -0.25) is 19.3 Å². The van der Waals surface area contributed by atoms with Crippen molar-refractivity contribution in [1.29, 1.82) is 0 Å². The number of hydrogen-bond acceptors (Lipinski definition) is 5. The van der Waals surface area contributed by atoms with Gasteiger partial charge in [0.05, 0.1) is 29.1 Å². The van der Waals surface area contributed by atoms with Crippen LogP contribution in [-0.2, 0) is 20.9 Å². The molecule has 2 aromatic rings. The van der Waals surface area contributed by atoms with Gasteiger partial charge in [-0.2, -0.15) is 0 Å². The number of amides is 2. The zero-order valence-corrected chi connectivity index (χ0v) is 17.1. The Balaban J connectivity index is 1.74. The fourth-order valence-corrected chi connectivity index (χ4v) is 4.78. The Kier molecular flexibility index (Phi) is 5.40. The molecule has 6 nitrogen and oxygen atoms in total. The number of nitrogens with zero attached hydrogens (tertiary/aromatic N) is 2. The minimum absolute atomic E-state index is 0.0192. The minimum Gasteiger partial charge on any atom is -0.481 e. The number of thioether (sulfide) groups is 1. The monoisotopic (exact) mass is 442 g/mol. The Hall–Kier alpha value is -3.04. The number of carboxylic acids is 1. The van der Waals surface area contributed by atoms with Gasteiger partial charge in [0.1, 0.15) is 10.1 Å². The molecule has 2 aliphatic heterocycles. The molecule has 2 aromatic carbocycles. The first-order chi connectivity index (χ1) is 14.4. The van der Waals surface area contributed by atoms with E-state index in [0.29, 0.717) is 16.8 Å². The van der Waals surface area contributed by atoms with E-state index in [2.05, 4.69) is 0 Å². The van der Waals surface area contributed by atoms with Gasteiger partial charge < -0.3 is 10.0 Å². The van der Waals surface area contributed by atoms with Gasteiger partial charge in [0.25, 0.3) is 11.8 Å². The molecule has 0 saturated carbocycles. The maximum Gasteiger partial charge on any atom is 0.305 e. The fraction of sp³-hybridized carbons (Fsp3) is 0.143. The van der Waals surface area contributed by atoms with Crippen LogP contribution >= 0.6 is 24.0 Å². The zero-order valence-electron chi connectivity index (χ0n) is 15.5. The molecule has 2 aliphatic rings. The topological polar surface area (TPSA) is 77.9 Å². The van der Waals surface area contributed by atoms with E-state index in [1.807, 2.05) is 0 Å². The van der Waals surface area contributed by atoms with E-state index < -0.39 is 23.6 Å². The molecule has 152 valence electrons. The molecule has 0 aromatic heterocycles. The normalized spacial score (nSPS) is 18.4. The van der Waals surface area contributed by atoms with Crippen LogP contribution in [0.25, 0.3) is 5.57 Å². The van der Waals surface area contributed by atoms with E-state index in [1.54, 1.807) is 42.5 Å². The summed E-state index contributed by atoms with van der Waals surface area (Å²) >= 11 is 6.22. The summed E-state index contributed by atoms with van der Waals surface area (Å²) in [5, 5.41) is 8.90. The summed E-state index contributed by atoms with van der Waals surface area (Å²) in [4.78, 5) is 39.9. The maximum absolute atomic E-state index is 14.2. The Morgan fingerprint density at radius 1 is 1.03 bits per heavy atom. The zero-order chi connectivity index (χ0) is 21.4. The molecule has 0 bridgehead atoms. The van der Waals surface area contributed by atoms with Crippen molar-refractivity contribution in [2.75, 3.05) is 11.4 Å². The van der Waals surface area contributed by atoms with Gasteiger partial charge in [-0.1, -0.05) is 60.4 Å². The second kappa shape index (κ2) is 8.00. The lowest BCUT2D eigenvalue weighted by Gasteiger charge is -2.17. The van der Waals surface area contributed by atoms with E-state index in [4.69, 9.17) is 17.3 Å². The largest absolute Gasteiger partial charge is 0.481 e. The van der Waals surface area contributed by atoms with Crippen molar-refractivity contribution in [3.05, 3.63) is 70.4 Å². The molecule has 1 saturated heterocycles. The number of carbonyl (C=O) groups excluding carboxylic acids is 2. The summed E-state index contributed by atoms with van der Waals surface area (Å²) in [6.07, 6.45) is -0.251. The van der Waals surface area contributed by atoms with Crippen molar-refractivity contribution in [2.24, 2.45) is 0 Å². The van der Waals surface area contributed by atoms with Gasteiger partial charge in [0.2, 0.25) is 0 Å². The lowest BCUT2D eigenvalue weighted by molar-refractivity contribution is -0.137. The first-order valence-electron chi connectivity index (χ1n) is 9.03. The molecule has 0 unspecified atom stereocenters. The number of anilines is 1. The van der Waals surface area contributed by atoms with Crippen LogP contribution in [0, 0.1) is 5.82 Å². The molecular weight excluding hydrogens is 427 g/mol. The SMILES string of the molecule is O=C(O)CCN1C(=O)/C(=C2/C(=O)N(Cc3ccccc3F)c3ccccc32)SC1=S. The highest BCUT2D eigenvalue weighted by Crippen LogP contribution is 2.45. The lowest BCUT2D eigenvalue weighted by atomic mass is 10.1. The second-order valence-electron chi connectivity index (χ2n) is 6.67. The molecule has 0 radical (unpaired) electrons. The number of aliphatic carboxylic acids is 1. The lowest BCUT2D eigenvalue weighted by Crippen LogP contribution is -2.31. The number of carbonyl (C=O) groups is 3. The van der Waals surface area contributed by atoms with Gasteiger partial charge in [-0.15, -0.1) is 0 Å². The minimum atomic E-state index is -1.05. The average Bonchev–Trinajstić information content (AvgIpc) is 3.15. The average molecular weight is 442 g/mol. The van der Waals surface area contributed by atoms with E-state index in [-0.39, 0.29) is 34.3 Å². The third-order valence-electron chi connectivity index (χ3n) is 4.83. The summed E-state index contributed by atoms with van der Waals surface area (Å²) in [7, 11) is 0. The number of fused-ring (bicyclic) bond motifs is 1. The molecule has 30 heavy (non-hydrogen) atoms. The van der Waals surface area contributed by atoms with Crippen molar-refractivity contribution >= 4 is 57.3 Å². The number of benzene rings is 2. The third kappa shape index (κ3) is 3.50. The predicted octanol–water partition coefficient (Wildman–Crippen LogP) is 3.42. The molecule has 1 N–H and O–H groups in total. The number of halogens is 1. The van der Waals surface area contributed by atoms with Gasteiger partial charge in [-0.25, -0.2) is 4.39 Å². The van der Waals surface area contributed by atoms with Crippen molar-refractivity contribution in [3.8, 4) is 0 Å². The summed E-state index contributed by atoms with van der Waals surface area (Å²) < 4.78 is 14.4. The summed E-state index contributed by atoms with van der Waals surface area (Å²) in [6, 6.07) is 13.2. The van der Waals surface area contributed by atoms with E-state index >= 15 is 0 Å². The quantitative estimate of drug-likeness (QED) is 0.565. The molecular formula is C21H15FN2O4S2. The highest BCUT2D eigenvalue weighted by Gasteiger charge is 2.42. The number of thiocarbonyl (C=S) groups is 1. The third-order valence-corrected chi connectivity index (χ3v) is 6.28. The summed E-state index contributed by atoms with van der Waals surface area (Å²) in [5.74, 6) is -2.37. The van der Waals surface area contributed by atoms with Crippen LogP contribution in [0.15, 0.2) is 53.4 Å². The molecule has 0 atom stereocenters. The predicted molar refractivity (Wildman–Crippen MR) is 115 cm³/mol. The highest BCUT2D eigenvalue weighted by molar-refractivity contribution is 8.26. The first kappa shape index (κ1) is 20.2. The Bertz CT molecular complexity index is 1130. The Morgan fingerprint density at radius 2 is 1.73 bits per heavy atom. The second-order valence-corrected chi connectivity index (χ2v) is 8.32. The highest BCUT2D eigenvalue weighted by atomic mass is 32.2. The van der Waals surface area contributed by atoms with Gasteiger partial charge in [0.15, 0.2) is 0 Å². The summed E-state index contributed by atoms with van der Waals surface area (Å²) in [5.41, 5.74) is 1.71. The van der Waals surface area contributed by atoms with Crippen molar-refractivity contribution in [3.63, 3.8) is 0 Å². The van der Waals surface area contributed by atoms with Crippen LogP contribution in [0.5, 0.6) is 0 Å². The number of carboxylic acid groups (broad SMARTS) is 1. The van der Waals surface area contributed by atoms with Gasteiger partial charge in [-0.05, 0) is 12.1 Å². The van der Waals surface area contributed by atoms with E-state index in [0.717, 1.165) is 11.8 Å². The molecule has 0 aliphatic carbocycles. The van der Waals surface area contributed by atoms with Gasteiger partial charge in [0, 0.05) is 17.7 Å². The van der Waals surface area contributed by atoms with Crippen LogP contribution in [0.3, 0.4) is 0 Å². The van der Waals surface area contributed by atoms with Crippen molar-refractivity contribution in [1.82, 2.24) is 4.90 Å². The molecule has 0 spiro atoms. The molecule has 2 amide bonds. The molecule has 9 heteroatoms. The first-order valence-corrected chi connectivity index (χ1v) is 10.3. The Morgan fingerprint density at radius 3 is 2.47 bits per heavy atom. The molecule has 1 fully saturated rings. The number of para-hydroxylation sites is 1. The van der Waals surface area contributed by atoms with Gasteiger partial charge >= 0.3 is 5.97 Å². The maximum atomic E-state index is 14.2. The van der Waals surface area contributed by atoms with Crippen LogP contribution in [0.4, 0.5) is 10.1 Å². The summed E-state index contributed by atoms with van der Waals surface area (Å²) in [6.45, 7) is -0.0448. The number of hydrogen-bond donors (Lipinski definition) is 1. The van der Waals surface area contributed by atoms with Crippen LogP contribution in [0.2, 0.25) is 0 Å². The van der Waals surface area contributed by atoms with Crippen molar-refractivity contribution < 1.29 is 23.9 Å². The molecule has 2 heterocycles. The van der Waals surface area contributed by atoms with Crippen LogP contribution in [0.1, 0.15) is 17.5 Å². The van der Waals surface area contributed by atoms with E-state index in [9.17, 15) is 18.8 Å². The smallest absolute Gasteiger partial charge is 0.305 e. The number of rotatable bonds is 5.